The highest BCUT2D eigenvalue weighted by Gasteiger charge is 2.21. The molecule has 0 fully saturated rings. The van der Waals surface area contributed by atoms with Crippen molar-refractivity contribution in [2.45, 2.75) is 27.2 Å². The topological polar surface area (TPSA) is 101 Å². The zero-order valence-electron chi connectivity index (χ0n) is 12.3. The lowest BCUT2D eigenvalue weighted by atomic mass is 10.00. The van der Waals surface area contributed by atoms with Crippen molar-refractivity contribution in [1.82, 2.24) is 9.78 Å². The number of nitrogen functional groups attached to an aromatic ring is 1. The zero-order chi connectivity index (χ0) is 15.7. The van der Waals surface area contributed by atoms with Crippen molar-refractivity contribution in [3.05, 3.63) is 35.2 Å². The molecule has 0 aliphatic rings. The molecule has 0 aliphatic carbocycles. The predicted octanol–water partition coefficient (Wildman–Crippen LogP) is 2.01. The van der Waals surface area contributed by atoms with Crippen molar-refractivity contribution in [3.8, 4) is 11.5 Å². The molecule has 0 aliphatic heterocycles. The summed E-state index contributed by atoms with van der Waals surface area (Å²) in [6.45, 7) is 5.31. The highest BCUT2D eigenvalue weighted by atomic mass is 16.3. The Hall–Kier alpha value is -2.50. The van der Waals surface area contributed by atoms with Crippen LogP contribution in [0.5, 0.6) is 11.5 Å². The van der Waals surface area contributed by atoms with E-state index in [1.165, 1.54) is 16.8 Å². The van der Waals surface area contributed by atoms with Gasteiger partial charge in [0.05, 0.1) is 17.1 Å². The van der Waals surface area contributed by atoms with Gasteiger partial charge in [-0.1, -0.05) is 13.0 Å². The van der Waals surface area contributed by atoms with E-state index >= 15 is 0 Å². The first-order chi connectivity index (χ1) is 9.81. The Morgan fingerprint density at radius 1 is 1.33 bits per heavy atom. The van der Waals surface area contributed by atoms with Crippen LogP contribution in [0.4, 0.5) is 5.69 Å². The fourth-order valence-electron chi connectivity index (χ4n) is 2.21. The number of carbonyl (C=O) groups is 1. The number of nitrogens with zero attached hydrogens (tertiary/aromatic N) is 2. The SMILES string of the molecule is Cc1nn(C(=O)C(C)Cc2ccc(O)c(O)c2)c(C)c1N. The summed E-state index contributed by atoms with van der Waals surface area (Å²) in [5.74, 6) is -0.849. The van der Waals surface area contributed by atoms with Gasteiger partial charge in [0.15, 0.2) is 11.5 Å². The molecule has 1 heterocycles. The molecule has 1 aromatic carbocycles. The van der Waals surface area contributed by atoms with Crippen LogP contribution in [-0.4, -0.2) is 25.9 Å². The summed E-state index contributed by atoms with van der Waals surface area (Å²) in [5.41, 5.74) is 8.40. The van der Waals surface area contributed by atoms with E-state index in [0.717, 1.165) is 5.56 Å². The summed E-state index contributed by atoms with van der Waals surface area (Å²) < 4.78 is 1.33. The second-order valence-electron chi connectivity index (χ2n) is 5.26. The number of nitrogens with two attached hydrogens (primary N) is 1. The van der Waals surface area contributed by atoms with E-state index in [0.29, 0.717) is 23.5 Å². The third-order valence-corrected chi connectivity index (χ3v) is 3.56. The number of benzene rings is 1. The molecule has 0 saturated heterocycles. The van der Waals surface area contributed by atoms with Gasteiger partial charge in [-0.05, 0) is 38.0 Å². The fraction of sp³-hybridized carbons (Fsp3) is 0.333. The average molecular weight is 289 g/mol. The van der Waals surface area contributed by atoms with Gasteiger partial charge in [-0.25, -0.2) is 4.68 Å². The van der Waals surface area contributed by atoms with Gasteiger partial charge in [-0.2, -0.15) is 5.10 Å². The maximum Gasteiger partial charge on any atom is 0.250 e. The van der Waals surface area contributed by atoms with Crippen molar-refractivity contribution < 1.29 is 15.0 Å². The molecule has 2 aromatic rings. The first-order valence-corrected chi connectivity index (χ1v) is 6.68. The fourth-order valence-corrected chi connectivity index (χ4v) is 2.21. The third kappa shape index (κ3) is 2.84. The van der Waals surface area contributed by atoms with Gasteiger partial charge in [0.25, 0.3) is 0 Å². The second-order valence-corrected chi connectivity index (χ2v) is 5.26. The first-order valence-electron chi connectivity index (χ1n) is 6.68. The Bertz CT molecular complexity index is 692. The number of hydrogen-bond donors (Lipinski definition) is 3. The number of rotatable bonds is 3. The van der Waals surface area contributed by atoms with Gasteiger partial charge < -0.3 is 15.9 Å². The van der Waals surface area contributed by atoms with Gasteiger partial charge in [0.1, 0.15) is 0 Å². The Morgan fingerprint density at radius 3 is 2.52 bits per heavy atom. The van der Waals surface area contributed by atoms with Gasteiger partial charge in [0, 0.05) is 5.92 Å². The minimum absolute atomic E-state index is 0.153. The molecule has 1 aromatic heterocycles. The Morgan fingerprint density at radius 2 is 2.00 bits per heavy atom. The second kappa shape index (κ2) is 5.47. The maximum absolute atomic E-state index is 12.4. The van der Waals surface area contributed by atoms with Crippen LogP contribution in [0.1, 0.15) is 28.7 Å². The van der Waals surface area contributed by atoms with Crippen molar-refractivity contribution >= 4 is 11.6 Å². The number of aromatic hydroxyl groups is 2. The number of hydrogen-bond acceptors (Lipinski definition) is 5. The summed E-state index contributed by atoms with van der Waals surface area (Å²) in [6, 6.07) is 4.53. The number of phenolic OH excluding ortho intramolecular Hbond substituents is 2. The van der Waals surface area contributed by atoms with E-state index in [-0.39, 0.29) is 23.3 Å². The predicted molar refractivity (Wildman–Crippen MR) is 79.4 cm³/mol. The van der Waals surface area contributed by atoms with E-state index in [4.69, 9.17) is 5.73 Å². The maximum atomic E-state index is 12.4. The van der Waals surface area contributed by atoms with Crippen LogP contribution in [0.15, 0.2) is 18.2 Å². The molecule has 1 unspecified atom stereocenters. The van der Waals surface area contributed by atoms with E-state index in [2.05, 4.69) is 5.10 Å². The minimum Gasteiger partial charge on any atom is -0.504 e. The van der Waals surface area contributed by atoms with Crippen molar-refractivity contribution in [1.29, 1.82) is 0 Å². The molecule has 6 nitrogen and oxygen atoms in total. The van der Waals surface area contributed by atoms with Gasteiger partial charge in [0.2, 0.25) is 5.91 Å². The molecule has 0 amide bonds. The molecule has 112 valence electrons. The molecule has 0 bridgehead atoms. The number of aromatic nitrogens is 2. The standard InChI is InChI=1S/C15H19N3O3/c1-8(6-11-4-5-12(19)13(20)7-11)15(21)18-10(3)14(16)9(2)17-18/h4-5,7-8,19-20H,6,16H2,1-3H3. The highest BCUT2D eigenvalue weighted by Crippen LogP contribution is 2.26. The Labute approximate surface area is 122 Å². The minimum atomic E-state index is -0.327. The lowest BCUT2D eigenvalue weighted by molar-refractivity contribution is 0.0824. The molecule has 0 spiro atoms. The van der Waals surface area contributed by atoms with Crippen LogP contribution in [0.3, 0.4) is 0 Å². The Kier molecular flexibility index (Phi) is 3.88. The number of aryl methyl sites for hydroxylation is 1. The smallest absolute Gasteiger partial charge is 0.250 e. The van der Waals surface area contributed by atoms with Crippen LogP contribution < -0.4 is 5.73 Å². The van der Waals surface area contributed by atoms with Crippen LogP contribution >= 0.6 is 0 Å². The number of phenols is 2. The molecule has 21 heavy (non-hydrogen) atoms. The molecular weight excluding hydrogens is 270 g/mol. The molecule has 1 atom stereocenters. The monoisotopic (exact) mass is 289 g/mol. The Balaban J connectivity index is 2.19. The van der Waals surface area contributed by atoms with Crippen LogP contribution in [0.2, 0.25) is 0 Å². The summed E-state index contributed by atoms with van der Waals surface area (Å²) in [6.07, 6.45) is 0.435. The van der Waals surface area contributed by atoms with Crippen molar-refractivity contribution in [3.63, 3.8) is 0 Å². The van der Waals surface area contributed by atoms with E-state index in [1.807, 2.05) is 0 Å². The highest BCUT2D eigenvalue weighted by molar-refractivity contribution is 5.82. The van der Waals surface area contributed by atoms with E-state index in [1.54, 1.807) is 26.8 Å². The normalized spacial score (nSPS) is 12.3. The van der Waals surface area contributed by atoms with E-state index < -0.39 is 0 Å². The first kappa shape index (κ1) is 14.9. The average Bonchev–Trinajstić information content (AvgIpc) is 2.69. The van der Waals surface area contributed by atoms with E-state index in [9.17, 15) is 15.0 Å². The summed E-state index contributed by atoms with van der Waals surface area (Å²) in [4.78, 5) is 12.4. The van der Waals surface area contributed by atoms with Crippen LogP contribution in [-0.2, 0) is 6.42 Å². The van der Waals surface area contributed by atoms with Crippen LogP contribution in [0, 0.1) is 19.8 Å². The molecule has 0 radical (unpaired) electrons. The summed E-state index contributed by atoms with van der Waals surface area (Å²) in [5, 5.41) is 22.9. The quantitative estimate of drug-likeness (QED) is 0.750. The van der Waals surface area contributed by atoms with Gasteiger partial charge in [-0.3, -0.25) is 4.79 Å². The van der Waals surface area contributed by atoms with Crippen molar-refractivity contribution in [2.24, 2.45) is 5.92 Å². The number of anilines is 1. The van der Waals surface area contributed by atoms with Crippen molar-refractivity contribution in [2.75, 3.05) is 5.73 Å². The van der Waals surface area contributed by atoms with Gasteiger partial charge >= 0.3 is 0 Å². The lowest BCUT2D eigenvalue weighted by Gasteiger charge is -2.12. The molecular formula is C15H19N3O3. The largest absolute Gasteiger partial charge is 0.504 e. The van der Waals surface area contributed by atoms with Gasteiger partial charge in [-0.15, -0.1) is 0 Å². The summed E-state index contributed by atoms with van der Waals surface area (Å²) >= 11 is 0. The molecule has 0 saturated carbocycles. The van der Waals surface area contributed by atoms with Crippen LogP contribution in [0.25, 0.3) is 0 Å². The molecule has 6 heteroatoms. The summed E-state index contributed by atoms with van der Waals surface area (Å²) in [7, 11) is 0. The molecule has 2 rings (SSSR count). The molecule has 4 N–H and O–H groups in total. The third-order valence-electron chi connectivity index (χ3n) is 3.56. The zero-order valence-corrected chi connectivity index (χ0v) is 12.3. The number of carbonyl (C=O) groups excluding carboxylic acids is 1. The lowest BCUT2D eigenvalue weighted by Crippen LogP contribution is -2.23.